The zero-order valence-corrected chi connectivity index (χ0v) is 23.4. The highest BCUT2D eigenvalue weighted by Gasteiger charge is 2.23. The summed E-state index contributed by atoms with van der Waals surface area (Å²) in [6.45, 7) is 15.2. The fraction of sp³-hybridized carbons (Fsp3) is 0.593. The third-order valence-corrected chi connectivity index (χ3v) is 7.46. The number of amides is 1. The number of aromatic nitrogens is 3. The highest BCUT2D eigenvalue weighted by molar-refractivity contribution is 7.20. The first kappa shape index (κ1) is 26.4. The van der Waals surface area contributed by atoms with Gasteiger partial charge in [0.2, 0.25) is 16.0 Å². The smallest absolute Gasteiger partial charge is 0.239 e. The van der Waals surface area contributed by atoms with E-state index < -0.39 is 0 Å². The van der Waals surface area contributed by atoms with Crippen LogP contribution in [0.5, 0.6) is 0 Å². The maximum atomic E-state index is 12.6. The van der Waals surface area contributed by atoms with Crippen LogP contribution in [0.2, 0.25) is 0 Å². The lowest BCUT2D eigenvalue weighted by atomic mass is 10.0. The van der Waals surface area contributed by atoms with Gasteiger partial charge in [0.1, 0.15) is 5.69 Å². The number of aryl methyl sites for hydroxylation is 1. The highest BCUT2D eigenvalue weighted by Crippen LogP contribution is 2.34. The van der Waals surface area contributed by atoms with Gasteiger partial charge in [-0.3, -0.25) is 4.79 Å². The van der Waals surface area contributed by atoms with E-state index in [0.29, 0.717) is 6.54 Å². The largest absolute Gasteiger partial charge is 0.364 e. The van der Waals surface area contributed by atoms with Crippen molar-refractivity contribution in [2.75, 3.05) is 50.0 Å². The summed E-state index contributed by atoms with van der Waals surface area (Å²) in [4.78, 5) is 22.7. The Morgan fingerprint density at radius 1 is 1.25 bits per heavy atom. The van der Waals surface area contributed by atoms with Crippen molar-refractivity contribution < 1.29 is 4.79 Å². The quantitative estimate of drug-likeness (QED) is 0.407. The number of nitrogens with one attached hydrogen (secondary N) is 2. The van der Waals surface area contributed by atoms with Crippen molar-refractivity contribution in [2.45, 2.75) is 59.4 Å². The molecule has 9 heteroatoms. The molecule has 1 fully saturated rings. The van der Waals surface area contributed by atoms with E-state index in [2.05, 4.69) is 74.4 Å². The summed E-state index contributed by atoms with van der Waals surface area (Å²) < 4.78 is 1.87. The van der Waals surface area contributed by atoms with Gasteiger partial charge in [-0.05, 0) is 66.0 Å². The van der Waals surface area contributed by atoms with Crippen LogP contribution in [0.4, 0.5) is 10.9 Å². The summed E-state index contributed by atoms with van der Waals surface area (Å²) >= 11 is 1.49. The Hall–Kier alpha value is -2.65. The van der Waals surface area contributed by atoms with Crippen molar-refractivity contribution in [3.63, 3.8) is 0 Å². The molecule has 0 spiro atoms. The lowest BCUT2D eigenvalue weighted by Crippen LogP contribution is -2.38. The van der Waals surface area contributed by atoms with Gasteiger partial charge in [-0.25, -0.2) is 4.98 Å². The van der Waals surface area contributed by atoms with Crippen molar-refractivity contribution in [3.8, 4) is 11.3 Å². The van der Waals surface area contributed by atoms with Gasteiger partial charge < -0.3 is 20.4 Å². The van der Waals surface area contributed by atoms with E-state index in [1.165, 1.54) is 42.8 Å². The average molecular weight is 512 g/mol. The molecule has 36 heavy (non-hydrogen) atoms. The number of benzene rings is 1. The van der Waals surface area contributed by atoms with E-state index in [-0.39, 0.29) is 18.0 Å². The Kier molecular flexibility index (Phi) is 8.20. The molecule has 2 N–H and O–H groups in total. The summed E-state index contributed by atoms with van der Waals surface area (Å²) in [5.74, 6) is 1.67. The lowest BCUT2D eigenvalue weighted by molar-refractivity contribution is -0.119. The predicted molar refractivity (Wildman–Crippen MR) is 150 cm³/mol. The van der Waals surface area contributed by atoms with Gasteiger partial charge in [-0.15, -0.1) is 5.10 Å². The van der Waals surface area contributed by atoms with Gasteiger partial charge in [-0.1, -0.05) is 48.1 Å². The molecule has 0 aliphatic carbocycles. The number of rotatable bonds is 9. The van der Waals surface area contributed by atoms with Crippen LogP contribution in [-0.4, -0.2) is 70.7 Å². The third kappa shape index (κ3) is 6.76. The number of fused-ring (bicyclic) bond motifs is 1. The van der Waals surface area contributed by atoms with E-state index in [1.54, 1.807) is 0 Å². The second-order valence-electron chi connectivity index (χ2n) is 11.2. The number of imidazole rings is 1. The first-order valence-corrected chi connectivity index (χ1v) is 13.9. The molecule has 4 rings (SSSR count). The topological polar surface area (TPSA) is 77.8 Å². The van der Waals surface area contributed by atoms with E-state index in [1.807, 2.05) is 16.5 Å². The molecular weight excluding hydrogens is 470 g/mol. The molecule has 0 saturated carbocycles. The molecule has 1 atom stereocenters. The second kappa shape index (κ2) is 11.2. The van der Waals surface area contributed by atoms with Crippen molar-refractivity contribution >= 4 is 33.2 Å². The molecule has 8 nitrogen and oxygen atoms in total. The molecule has 1 saturated heterocycles. The van der Waals surface area contributed by atoms with Gasteiger partial charge in [0.15, 0.2) is 5.82 Å². The standard InChI is InChI=1S/C27H41N7OS/c1-19-10-12-21(13-11-19)23-24(30-27(3,4)5)34-25(29-23)36-26(31-34)32(6)18-22(35)28-14-8-16-33-15-7-9-20(2)17-33/h10-13,20,30H,7-9,14-18H2,1-6H3,(H,28,35). The second-order valence-corrected chi connectivity index (χ2v) is 12.2. The molecule has 1 aliphatic heterocycles. The average Bonchev–Trinajstić information content (AvgIpc) is 3.36. The van der Waals surface area contributed by atoms with Gasteiger partial charge in [0.25, 0.3) is 0 Å². The number of hydrogen-bond acceptors (Lipinski definition) is 7. The third-order valence-electron chi connectivity index (χ3n) is 6.43. The SMILES string of the molecule is Cc1ccc(-c2nc3sc(N(C)CC(=O)NCCCN4CCCC(C)C4)nn3c2NC(C)(C)C)cc1. The minimum absolute atomic E-state index is 0.0192. The zero-order chi connectivity index (χ0) is 25.9. The van der Waals surface area contributed by atoms with Gasteiger partial charge in [0, 0.05) is 31.2 Å². The molecular formula is C27H41N7OS. The van der Waals surface area contributed by atoms with E-state index in [4.69, 9.17) is 10.1 Å². The highest BCUT2D eigenvalue weighted by atomic mass is 32.1. The van der Waals surface area contributed by atoms with Crippen molar-refractivity contribution in [1.29, 1.82) is 0 Å². The molecule has 196 valence electrons. The molecule has 3 aromatic rings. The summed E-state index contributed by atoms with van der Waals surface area (Å²) in [6.07, 6.45) is 3.61. The Labute approximate surface area is 219 Å². The number of piperidine rings is 1. The number of carbonyl (C=O) groups is 1. The van der Waals surface area contributed by atoms with Gasteiger partial charge in [0.05, 0.1) is 6.54 Å². The Morgan fingerprint density at radius 3 is 2.69 bits per heavy atom. The fourth-order valence-corrected chi connectivity index (χ4v) is 5.49. The normalized spacial score (nSPS) is 16.9. The Balaban J connectivity index is 1.39. The number of hydrogen-bond donors (Lipinski definition) is 2. The van der Waals surface area contributed by atoms with Crippen LogP contribution in [0.25, 0.3) is 16.2 Å². The van der Waals surface area contributed by atoms with Gasteiger partial charge in [-0.2, -0.15) is 4.52 Å². The first-order valence-electron chi connectivity index (χ1n) is 13.0. The van der Waals surface area contributed by atoms with Crippen LogP contribution < -0.4 is 15.5 Å². The lowest BCUT2D eigenvalue weighted by Gasteiger charge is -2.30. The first-order chi connectivity index (χ1) is 17.1. The van der Waals surface area contributed by atoms with Crippen LogP contribution in [0, 0.1) is 12.8 Å². The maximum absolute atomic E-state index is 12.6. The molecule has 1 unspecified atom stereocenters. The van der Waals surface area contributed by atoms with Crippen LogP contribution in [-0.2, 0) is 4.79 Å². The van der Waals surface area contributed by atoms with Crippen molar-refractivity contribution in [3.05, 3.63) is 29.8 Å². The Bertz CT molecular complexity index is 1160. The number of carbonyl (C=O) groups excluding carboxylic acids is 1. The van der Waals surface area contributed by atoms with Crippen LogP contribution >= 0.6 is 11.3 Å². The molecule has 2 aromatic heterocycles. The number of likely N-dealkylation sites (N-methyl/N-ethyl adjacent to an activating group) is 1. The van der Waals surface area contributed by atoms with Crippen molar-refractivity contribution in [1.82, 2.24) is 24.8 Å². The summed E-state index contributed by atoms with van der Waals surface area (Å²) in [7, 11) is 1.91. The molecule has 0 bridgehead atoms. The van der Waals surface area contributed by atoms with Crippen LogP contribution in [0.15, 0.2) is 24.3 Å². The van der Waals surface area contributed by atoms with E-state index >= 15 is 0 Å². The van der Waals surface area contributed by atoms with Crippen molar-refractivity contribution in [2.24, 2.45) is 5.92 Å². The van der Waals surface area contributed by atoms with E-state index in [9.17, 15) is 4.79 Å². The molecule has 1 amide bonds. The number of anilines is 2. The minimum atomic E-state index is -0.156. The molecule has 1 aromatic carbocycles. The molecule has 1 aliphatic rings. The molecule has 0 radical (unpaired) electrons. The number of nitrogens with zero attached hydrogens (tertiary/aromatic N) is 5. The minimum Gasteiger partial charge on any atom is -0.364 e. The molecule has 3 heterocycles. The summed E-state index contributed by atoms with van der Waals surface area (Å²) in [5, 5.41) is 12.3. The fourth-order valence-electron chi connectivity index (χ4n) is 4.63. The zero-order valence-electron chi connectivity index (χ0n) is 22.6. The summed E-state index contributed by atoms with van der Waals surface area (Å²) in [5.41, 5.74) is 3.00. The maximum Gasteiger partial charge on any atom is 0.239 e. The predicted octanol–water partition coefficient (Wildman–Crippen LogP) is 4.65. The van der Waals surface area contributed by atoms with Crippen LogP contribution in [0.3, 0.4) is 0 Å². The Morgan fingerprint density at radius 2 is 2.00 bits per heavy atom. The monoisotopic (exact) mass is 511 g/mol. The summed E-state index contributed by atoms with van der Waals surface area (Å²) in [6, 6.07) is 8.39. The number of likely N-dealkylation sites (tertiary alicyclic amines) is 1. The van der Waals surface area contributed by atoms with Crippen LogP contribution in [0.1, 0.15) is 52.5 Å². The van der Waals surface area contributed by atoms with Gasteiger partial charge >= 0.3 is 0 Å². The van der Waals surface area contributed by atoms with E-state index in [0.717, 1.165) is 46.1 Å².